The van der Waals surface area contributed by atoms with E-state index in [4.69, 9.17) is 4.74 Å². The Morgan fingerprint density at radius 2 is 2.24 bits per heavy atom. The average Bonchev–Trinajstić information content (AvgIpc) is 2.87. The lowest BCUT2D eigenvalue weighted by Gasteiger charge is -2.24. The summed E-state index contributed by atoms with van der Waals surface area (Å²) in [6.07, 6.45) is 1.12. The van der Waals surface area contributed by atoms with Crippen LogP contribution in [0.15, 0.2) is 0 Å². The maximum Gasteiger partial charge on any atom is 0.0857 e. The van der Waals surface area contributed by atoms with Gasteiger partial charge in [0, 0.05) is 24.0 Å². The fraction of sp³-hybridized carbons (Fsp3) is 0.833. The average molecular weight is 255 g/mol. The molecular formula is C12H21N3OS. The number of hydrogen-bond donors (Lipinski definition) is 1. The molecule has 0 aromatic carbocycles. The Kier molecular flexibility index (Phi) is 3.80. The van der Waals surface area contributed by atoms with Gasteiger partial charge in [-0.15, -0.1) is 5.10 Å². The summed E-state index contributed by atoms with van der Waals surface area (Å²) in [5.74, 6) is 0.545. The number of nitrogens with zero attached hydrogens (tertiary/aromatic N) is 2. The van der Waals surface area contributed by atoms with Gasteiger partial charge in [-0.05, 0) is 25.0 Å². The van der Waals surface area contributed by atoms with Crippen molar-refractivity contribution in [3.05, 3.63) is 10.6 Å². The molecule has 0 saturated carbocycles. The van der Waals surface area contributed by atoms with E-state index in [-0.39, 0.29) is 5.41 Å². The van der Waals surface area contributed by atoms with E-state index < -0.39 is 0 Å². The van der Waals surface area contributed by atoms with E-state index in [1.165, 1.54) is 16.4 Å². The van der Waals surface area contributed by atoms with Crippen molar-refractivity contribution in [1.29, 1.82) is 0 Å². The molecule has 0 radical (unpaired) electrons. The van der Waals surface area contributed by atoms with E-state index in [1.807, 2.05) is 7.05 Å². The van der Waals surface area contributed by atoms with Crippen LogP contribution >= 0.6 is 11.5 Å². The van der Waals surface area contributed by atoms with Crippen LogP contribution < -0.4 is 5.32 Å². The van der Waals surface area contributed by atoms with Crippen LogP contribution in [0.3, 0.4) is 0 Å². The Morgan fingerprint density at radius 1 is 1.47 bits per heavy atom. The van der Waals surface area contributed by atoms with Gasteiger partial charge in [0.25, 0.3) is 0 Å². The van der Waals surface area contributed by atoms with E-state index in [0.29, 0.717) is 12.0 Å². The molecule has 96 valence electrons. The minimum atomic E-state index is 0.0525. The smallest absolute Gasteiger partial charge is 0.0857 e. The highest BCUT2D eigenvalue weighted by atomic mass is 32.1. The molecule has 5 heteroatoms. The third-order valence-corrected chi connectivity index (χ3v) is 4.06. The van der Waals surface area contributed by atoms with Crippen LogP contribution in [-0.4, -0.2) is 29.8 Å². The normalized spacial score (nSPS) is 22.9. The molecule has 1 fully saturated rings. The van der Waals surface area contributed by atoms with Gasteiger partial charge in [-0.1, -0.05) is 25.3 Å². The molecule has 1 aliphatic heterocycles. The summed E-state index contributed by atoms with van der Waals surface area (Å²) in [5.41, 5.74) is 1.17. The van der Waals surface area contributed by atoms with Crippen LogP contribution in [0.5, 0.6) is 0 Å². The highest BCUT2D eigenvalue weighted by molar-refractivity contribution is 7.05. The number of nitrogens with one attached hydrogen (secondary N) is 1. The Bertz CT molecular complexity index is 366. The molecule has 0 bridgehead atoms. The quantitative estimate of drug-likeness (QED) is 0.899. The van der Waals surface area contributed by atoms with Crippen molar-refractivity contribution in [3.63, 3.8) is 0 Å². The molecule has 0 aliphatic carbocycles. The number of ether oxygens (including phenoxy) is 1. The zero-order valence-electron chi connectivity index (χ0n) is 11.0. The molecule has 1 aromatic heterocycles. The highest BCUT2D eigenvalue weighted by Crippen LogP contribution is 2.36. The fourth-order valence-electron chi connectivity index (χ4n) is 2.32. The topological polar surface area (TPSA) is 47.0 Å². The fourth-order valence-corrected chi connectivity index (χ4v) is 3.39. The molecule has 0 amide bonds. The number of hydrogen-bond acceptors (Lipinski definition) is 5. The van der Waals surface area contributed by atoms with Crippen LogP contribution in [0.25, 0.3) is 0 Å². The molecule has 1 saturated heterocycles. The maximum atomic E-state index is 5.49. The van der Waals surface area contributed by atoms with Gasteiger partial charge in [0.1, 0.15) is 0 Å². The van der Waals surface area contributed by atoms with Crippen LogP contribution in [-0.2, 0) is 10.2 Å². The summed E-state index contributed by atoms with van der Waals surface area (Å²) in [4.78, 5) is 1.27. The molecule has 1 aromatic rings. The second-order valence-electron chi connectivity index (χ2n) is 5.63. The lowest BCUT2D eigenvalue weighted by Crippen LogP contribution is -2.27. The molecule has 1 aliphatic rings. The minimum absolute atomic E-state index is 0.0525. The van der Waals surface area contributed by atoms with Crippen molar-refractivity contribution >= 4 is 11.5 Å². The van der Waals surface area contributed by atoms with Gasteiger partial charge >= 0.3 is 0 Å². The molecule has 4 nitrogen and oxygen atoms in total. The Hall–Kier alpha value is -0.520. The van der Waals surface area contributed by atoms with Gasteiger partial charge in [0.2, 0.25) is 0 Å². The summed E-state index contributed by atoms with van der Waals surface area (Å²) in [5, 5.41) is 7.72. The predicted molar refractivity (Wildman–Crippen MR) is 69.3 cm³/mol. The predicted octanol–water partition coefficient (Wildman–Crippen LogP) is 2.13. The third kappa shape index (κ3) is 2.67. The Labute approximate surface area is 107 Å². The van der Waals surface area contributed by atoms with Gasteiger partial charge in [0.15, 0.2) is 0 Å². The van der Waals surface area contributed by atoms with Crippen molar-refractivity contribution in [1.82, 2.24) is 14.9 Å². The molecular weight excluding hydrogens is 234 g/mol. The zero-order valence-corrected chi connectivity index (χ0v) is 11.8. The standard InChI is InChI=1S/C12H21N3OS/c1-12(2,3)11-10(17-15-14-11)9(13-4)8-5-6-16-7-8/h8-9,13H,5-7H2,1-4H3. The lowest BCUT2D eigenvalue weighted by molar-refractivity contribution is 0.178. The lowest BCUT2D eigenvalue weighted by atomic mass is 9.87. The van der Waals surface area contributed by atoms with Crippen LogP contribution in [0.2, 0.25) is 0 Å². The summed E-state index contributed by atoms with van der Waals surface area (Å²) < 4.78 is 9.63. The van der Waals surface area contributed by atoms with Gasteiger partial charge in [0.05, 0.1) is 17.2 Å². The number of aromatic nitrogens is 2. The van der Waals surface area contributed by atoms with Crippen molar-refractivity contribution in [2.45, 2.75) is 38.6 Å². The monoisotopic (exact) mass is 255 g/mol. The second-order valence-corrected chi connectivity index (χ2v) is 6.41. The molecule has 2 rings (SSSR count). The summed E-state index contributed by atoms with van der Waals surface area (Å²) in [6.45, 7) is 8.27. The van der Waals surface area contributed by atoms with E-state index in [9.17, 15) is 0 Å². The van der Waals surface area contributed by atoms with Crippen molar-refractivity contribution in [2.75, 3.05) is 20.3 Å². The van der Waals surface area contributed by atoms with E-state index in [1.54, 1.807) is 0 Å². The highest BCUT2D eigenvalue weighted by Gasteiger charge is 2.32. The van der Waals surface area contributed by atoms with E-state index in [0.717, 1.165) is 25.3 Å². The van der Waals surface area contributed by atoms with Crippen molar-refractivity contribution in [3.8, 4) is 0 Å². The Morgan fingerprint density at radius 3 is 2.76 bits per heavy atom. The van der Waals surface area contributed by atoms with E-state index in [2.05, 4.69) is 35.7 Å². The van der Waals surface area contributed by atoms with Gasteiger partial charge in [-0.3, -0.25) is 0 Å². The molecule has 17 heavy (non-hydrogen) atoms. The first-order valence-electron chi connectivity index (χ1n) is 6.11. The number of rotatable bonds is 3. The van der Waals surface area contributed by atoms with Crippen LogP contribution in [0.1, 0.15) is 43.8 Å². The molecule has 2 unspecified atom stereocenters. The minimum Gasteiger partial charge on any atom is -0.381 e. The van der Waals surface area contributed by atoms with E-state index >= 15 is 0 Å². The van der Waals surface area contributed by atoms with Crippen molar-refractivity contribution < 1.29 is 4.74 Å². The molecule has 0 spiro atoms. The first-order chi connectivity index (χ1) is 8.04. The molecule has 1 N–H and O–H groups in total. The zero-order chi connectivity index (χ0) is 12.5. The molecule has 2 heterocycles. The maximum absolute atomic E-state index is 5.49. The third-order valence-electron chi connectivity index (χ3n) is 3.25. The largest absolute Gasteiger partial charge is 0.381 e. The molecule has 2 atom stereocenters. The SMILES string of the molecule is CNC(c1snnc1C(C)(C)C)C1CCOC1. The van der Waals surface area contributed by atoms with Crippen LogP contribution in [0.4, 0.5) is 0 Å². The van der Waals surface area contributed by atoms with Gasteiger partial charge < -0.3 is 10.1 Å². The summed E-state index contributed by atoms with van der Waals surface area (Å²) >= 11 is 1.52. The summed E-state index contributed by atoms with van der Waals surface area (Å²) in [7, 11) is 2.01. The second kappa shape index (κ2) is 5.00. The van der Waals surface area contributed by atoms with Crippen molar-refractivity contribution in [2.24, 2.45) is 5.92 Å². The Balaban J connectivity index is 2.27. The van der Waals surface area contributed by atoms with Gasteiger partial charge in [-0.2, -0.15) is 0 Å². The van der Waals surface area contributed by atoms with Gasteiger partial charge in [-0.25, -0.2) is 0 Å². The summed E-state index contributed by atoms with van der Waals surface area (Å²) in [6, 6.07) is 0.326. The van der Waals surface area contributed by atoms with Crippen LogP contribution in [0, 0.1) is 5.92 Å². The first-order valence-corrected chi connectivity index (χ1v) is 6.89. The first kappa shape index (κ1) is 12.9.